The molecule has 4 aromatic carbocycles. The molecule has 0 aliphatic heterocycles. The van der Waals surface area contributed by atoms with Gasteiger partial charge in [-0.3, -0.25) is 0 Å². The van der Waals surface area contributed by atoms with Crippen LogP contribution in [-0.4, -0.2) is 5.11 Å². The zero-order valence-corrected chi connectivity index (χ0v) is 16.5. The van der Waals surface area contributed by atoms with Gasteiger partial charge in [0.15, 0.2) is 0 Å². The van der Waals surface area contributed by atoms with Gasteiger partial charge in [0.1, 0.15) is 5.75 Å². The van der Waals surface area contributed by atoms with E-state index in [1.54, 1.807) is 6.07 Å². The van der Waals surface area contributed by atoms with Gasteiger partial charge in [-0.2, -0.15) is 0 Å². The summed E-state index contributed by atoms with van der Waals surface area (Å²) in [6, 6.07) is 26.5. The van der Waals surface area contributed by atoms with Gasteiger partial charge in [0.25, 0.3) is 0 Å². The Morgan fingerprint density at radius 1 is 0.560 bits per heavy atom. The Hall–Kier alpha value is -2.09. The van der Waals surface area contributed by atoms with Gasteiger partial charge in [-0.25, -0.2) is 0 Å². The second-order valence-corrected chi connectivity index (χ2v) is 5.24. The van der Waals surface area contributed by atoms with E-state index in [1.807, 2.05) is 30.3 Å². The van der Waals surface area contributed by atoms with Crippen LogP contribution in [0.3, 0.4) is 0 Å². The van der Waals surface area contributed by atoms with Crippen molar-refractivity contribution in [1.82, 2.24) is 0 Å². The molecular weight excluding hydrogens is 340 g/mol. The molecular formula is C23H23OTi. The average Bonchev–Trinajstić information content (AvgIpc) is 2.54. The number of aromatic hydroxyl groups is 1. The summed E-state index contributed by atoms with van der Waals surface area (Å²) in [6.45, 7) is 0. The first-order valence-electron chi connectivity index (χ1n) is 7.03. The van der Waals surface area contributed by atoms with Crippen molar-refractivity contribution in [2.75, 3.05) is 0 Å². The third-order valence-electron chi connectivity index (χ3n) is 3.95. The normalized spacial score (nSPS) is 9.28. The second-order valence-electron chi connectivity index (χ2n) is 5.24. The minimum atomic E-state index is 0. The van der Waals surface area contributed by atoms with Crippen LogP contribution >= 0.6 is 0 Å². The zero-order valence-electron chi connectivity index (χ0n) is 15.0. The molecule has 0 spiro atoms. The maximum atomic E-state index is 10.3. The quantitative estimate of drug-likeness (QED) is 0.294. The maximum absolute atomic E-state index is 10.3. The molecule has 1 N–H and O–H groups in total. The van der Waals surface area contributed by atoms with E-state index >= 15 is 0 Å². The zero-order chi connectivity index (χ0) is 14.2. The molecule has 0 heterocycles. The predicted molar refractivity (Wildman–Crippen MR) is 108 cm³/mol. The van der Waals surface area contributed by atoms with Crippen molar-refractivity contribution in [3.63, 3.8) is 0 Å². The molecule has 0 fully saturated rings. The molecule has 0 aliphatic carbocycles. The molecule has 1 radical (unpaired) electrons. The summed E-state index contributed by atoms with van der Waals surface area (Å²) in [5, 5.41) is 14.9. The summed E-state index contributed by atoms with van der Waals surface area (Å²) in [5.41, 5.74) is 1.95. The van der Waals surface area contributed by atoms with Crippen molar-refractivity contribution >= 4 is 21.5 Å². The van der Waals surface area contributed by atoms with E-state index in [1.165, 1.54) is 10.8 Å². The summed E-state index contributed by atoms with van der Waals surface area (Å²) in [7, 11) is 0. The van der Waals surface area contributed by atoms with Gasteiger partial charge in [-0.1, -0.05) is 66.7 Å². The third kappa shape index (κ3) is 4.12. The topological polar surface area (TPSA) is 20.2 Å². The number of hydrogen-bond acceptors (Lipinski definition) is 1. The smallest absolute Gasteiger partial charge is 0.507 e. The maximum Gasteiger partial charge on any atom is 3.00 e. The number of hydrogen-bond donors (Lipinski definition) is 1. The molecule has 4 aromatic rings. The molecule has 0 aliphatic rings. The SMILES string of the molecule is Oc1ccc2ccccc2c1-c1ccc2ccccc2c1.[CH3-].[CH3-].[CH3-].[Ti+3]. The number of benzene rings is 4. The summed E-state index contributed by atoms with van der Waals surface area (Å²) in [6.07, 6.45) is 0. The Bertz CT molecular complexity index is 960. The van der Waals surface area contributed by atoms with Crippen LogP contribution in [0.5, 0.6) is 5.75 Å². The molecule has 0 atom stereocenters. The fourth-order valence-electron chi connectivity index (χ4n) is 2.91. The first kappa shape index (κ1) is 22.9. The largest absolute Gasteiger partial charge is 3.00 e. The molecule has 2 heteroatoms. The van der Waals surface area contributed by atoms with Gasteiger partial charge in [-0.05, 0) is 39.2 Å². The molecule has 0 unspecified atom stereocenters. The van der Waals surface area contributed by atoms with Crippen molar-refractivity contribution in [2.24, 2.45) is 0 Å². The van der Waals surface area contributed by atoms with Gasteiger partial charge >= 0.3 is 21.7 Å². The summed E-state index contributed by atoms with van der Waals surface area (Å²) < 4.78 is 0. The summed E-state index contributed by atoms with van der Waals surface area (Å²) in [4.78, 5) is 0. The Morgan fingerprint density at radius 2 is 1.12 bits per heavy atom. The van der Waals surface area contributed by atoms with E-state index in [4.69, 9.17) is 0 Å². The molecule has 0 amide bonds. The average molecular weight is 363 g/mol. The van der Waals surface area contributed by atoms with E-state index < -0.39 is 0 Å². The molecule has 1 nitrogen and oxygen atoms in total. The fourth-order valence-corrected chi connectivity index (χ4v) is 2.91. The first-order valence-corrected chi connectivity index (χ1v) is 7.03. The number of fused-ring (bicyclic) bond motifs is 2. The minimum absolute atomic E-state index is 0. The monoisotopic (exact) mass is 363 g/mol. The first-order chi connectivity index (χ1) is 10.3. The Balaban J connectivity index is 0.00000144. The Labute approximate surface area is 166 Å². The van der Waals surface area contributed by atoms with Crippen LogP contribution in [-0.2, 0) is 21.7 Å². The summed E-state index contributed by atoms with van der Waals surface area (Å²) in [5.74, 6) is 0.323. The molecule has 125 valence electrons. The van der Waals surface area contributed by atoms with E-state index in [9.17, 15) is 5.11 Å². The van der Waals surface area contributed by atoms with Crippen LogP contribution in [0, 0.1) is 22.3 Å². The van der Waals surface area contributed by atoms with Gasteiger partial charge in [0.05, 0.1) is 0 Å². The molecule has 4 rings (SSSR count). The number of rotatable bonds is 1. The van der Waals surface area contributed by atoms with Gasteiger partial charge in [0.2, 0.25) is 0 Å². The van der Waals surface area contributed by atoms with E-state index in [-0.39, 0.29) is 44.0 Å². The van der Waals surface area contributed by atoms with Crippen LogP contribution < -0.4 is 0 Å². The minimum Gasteiger partial charge on any atom is -0.507 e. The van der Waals surface area contributed by atoms with Crippen molar-refractivity contribution in [3.8, 4) is 16.9 Å². The Kier molecular flexibility index (Phi) is 8.63. The van der Waals surface area contributed by atoms with Gasteiger partial charge in [-0.15, -0.1) is 0 Å². The van der Waals surface area contributed by atoms with Crippen LogP contribution in [0.1, 0.15) is 0 Å². The summed E-state index contributed by atoms with van der Waals surface area (Å²) >= 11 is 0. The standard InChI is InChI=1S/C20H14O.3CH3.Ti/c21-19-12-11-15-6-3-4-8-18(15)20(19)17-10-9-14-5-1-2-7-16(14)13-17;;;;/h1-13,21H;3*1H3;/q;3*-1;+3. The van der Waals surface area contributed by atoms with Crippen LogP contribution in [0.2, 0.25) is 0 Å². The predicted octanol–water partition coefficient (Wildman–Crippen LogP) is 6.71. The molecule has 25 heavy (non-hydrogen) atoms. The molecule has 0 saturated carbocycles. The van der Waals surface area contributed by atoms with Gasteiger partial charge < -0.3 is 27.4 Å². The molecule has 0 bridgehead atoms. The van der Waals surface area contributed by atoms with Crippen molar-refractivity contribution < 1.29 is 26.8 Å². The van der Waals surface area contributed by atoms with E-state index in [0.717, 1.165) is 21.9 Å². The van der Waals surface area contributed by atoms with E-state index in [2.05, 4.69) is 42.5 Å². The van der Waals surface area contributed by atoms with Crippen LogP contribution in [0.4, 0.5) is 0 Å². The number of phenolic OH excluding ortho intramolecular Hbond substituents is 1. The van der Waals surface area contributed by atoms with Gasteiger partial charge in [0, 0.05) is 5.56 Å². The van der Waals surface area contributed by atoms with Crippen molar-refractivity contribution in [1.29, 1.82) is 0 Å². The number of phenols is 1. The fraction of sp³-hybridized carbons (Fsp3) is 0. The second kappa shape index (κ2) is 9.41. The van der Waals surface area contributed by atoms with Crippen molar-refractivity contribution in [3.05, 3.63) is 101 Å². The van der Waals surface area contributed by atoms with Crippen molar-refractivity contribution in [2.45, 2.75) is 0 Å². The van der Waals surface area contributed by atoms with Crippen LogP contribution in [0.15, 0.2) is 78.9 Å². The van der Waals surface area contributed by atoms with Crippen LogP contribution in [0.25, 0.3) is 32.7 Å². The molecule has 0 aromatic heterocycles. The molecule has 0 saturated heterocycles. The Morgan fingerprint density at radius 3 is 1.84 bits per heavy atom. The van der Waals surface area contributed by atoms with E-state index in [0.29, 0.717) is 5.75 Å². The third-order valence-corrected chi connectivity index (χ3v) is 3.95.